The van der Waals surface area contributed by atoms with E-state index in [2.05, 4.69) is 5.10 Å². The van der Waals surface area contributed by atoms with E-state index in [0.29, 0.717) is 5.02 Å². The van der Waals surface area contributed by atoms with Gasteiger partial charge >= 0.3 is 0 Å². The zero-order chi connectivity index (χ0) is 11.7. The quantitative estimate of drug-likeness (QED) is 0.917. The van der Waals surface area contributed by atoms with Crippen molar-refractivity contribution in [2.75, 3.05) is 7.11 Å². The first-order chi connectivity index (χ1) is 7.63. The molecular formula is C10H12ClN3OS. The molecule has 2 N–H and O–H groups in total. The number of ether oxygens (including phenoxy) is 1. The van der Waals surface area contributed by atoms with Crippen LogP contribution in [0, 0.1) is 0 Å². The lowest BCUT2D eigenvalue weighted by Gasteiger charge is -2.10. The van der Waals surface area contributed by atoms with Gasteiger partial charge in [0.2, 0.25) is 0 Å². The van der Waals surface area contributed by atoms with Crippen molar-refractivity contribution in [2.24, 2.45) is 12.8 Å². The zero-order valence-electron chi connectivity index (χ0n) is 8.98. The molecule has 2 heterocycles. The maximum atomic E-state index is 6.14. The van der Waals surface area contributed by atoms with E-state index < -0.39 is 0 Å². The highest BCUT2D eigenvalue weighted by Crippen LogP contribution is 2.32. The van der Waals surface area contributed by atoms with Crippen LogP contribution in [0.25, 0.3) is 0 Å². The van der Waals surface area contributed by atoms with Crippen LogP contribution in [0.3, 0.4) is 0 Å². The summed E-state index contributed by atoms with van der Waals surface area (Å²) in [6.07, 6.45) is 1.60. The van der Waals surface area contributed by atoms with Gasteiger partial charge in [0.15, 0.2) is 0 Å². The predicted molar refractivity (Wildman–Crippen MR) is 65.1 cm³/mol. The minimum atomic E-state index is -0.270. The largest absolute Gasteiger partial charge is 0.496 e. The van der Waals surface area contributed by atoms with Gasteiger partial charge in [-0.3, -0.25) is 4.68 Å². The summed E-state index contributed by atoms with van der Waals surface area (Å²) in [5.74, 6) is 0.814. The minimum Gasteiger partial charge on any atom is -0.496 e. The molecule has 0 saturated heterocycles. The molecule has 16 heavy (non-hydrogen) atoms. The van der Waals surface area contributed by atoms with Crippen LogP contribution in [-0.2, 0) is 7.05 Å². The fourth-order valence-electron chi connectivity index (χ4n) is 1.51. The summed E-state index contributed by atoms with van der Waals surface area (Å²) in [6.45, 7) is 0. The first-order valence-corrected chi connectivity index (χ1v) is 5.94. The summed E-state index contributed by atoms with van der Waals surface area (Å²) in [6, 6.07) is 1.65. The second-order valence-corrected chi connectivity index (χ2v) is 4.72. The van der Waals surface area contributed by atoms with Crippen molar-refractivity contribution in [1.29, 1.82) is 0 Å². The standard InChI is InChI=1S/C10H12ClN3OS/c1-14-10(7(11)4-13-14)9(12)8-3-6(15-2)5-16-8/h3-5,9H,12H2,1-2H3. The number of halogens is 1. The van der Waals surface area contributed by atoms with E-state index in [0.717, 1.165) is 16.3 Å². The van der Waals surface area contributed by atoms with Crippen molar-refractivity contribution >= 4 is 22.9 Å². The Morgan fingerprint density at radius 3 is 2.88 bits per heavy atom. The van der Waals surface area contributed by atoms with Crippen molar-refractivity contribution in [3.63, 3.8) is 0 Å². The molecule has 0 bridgehead atoms. The Hall–Kier alpha value is -1.04. The molecule has 2 aromatic heterocycles. The van der Waals surface area contributed by atoms with Crippen LogP contribution in [0.2, 0.25) is 5.02 Å². The molecule has 0 aromatic carbocycles. The van der Waals surface area contributed by atoms with Gasteiger partial charge in [0.05, 0.1) is 30.1 Å². The van der Waals surface area contributed by atoms with Crippen molar-refractivity contribution in [3.8, 4) is 5.75 Å². The van der Waals surface area contributed by atoms with Crippen molar-refractivity contribution in [3.05, 3.63) is 33.2 Å². The van der Waals surface area contributed by atoms with Gasteiger partial charge in [0.25, 0.3) is 0 Å². The third kappa shape index (κ3) is 1.93. The van der Waals surface area contributed by atoms with Crippen LogP contribution < -0.4 is 10.5 Å². The predicted octanol–water partition coefficient (Wildman–Crippen LogP) is 2.19. The van der Waals surface area contributed by atoms with Crippen LogP contribution in [-0.4, -0.2) is 16.9 Å². The molecule has 0 radical (unpaired) electrons. The summed E-state index contributed by atoms with van der Waals surface area (Å²) >= 11 is 7.59. The molecule has 2 aromatic rings. The molecule has 86 valence electrons. The highest BCUT2D eigenvalue weighted by molar-refractivity contribution is 7.10. The first-order valence-electron chi connectivity index (χ1n) is 4.69. The number of hydrogen-bond donors (Lipinski definition) is 1. The van der Waals surface area contributed by atoms with Gasteiger partial charge in [-0.05, 0) is 6.07 Å². The SMILES string of the molecule is COc1csc(C(N)c2c(Cl)cnn2C)c1. The number of hydrogen-bond acceptors (Lipinski definition) is 4. The molecular weight excluding hydrogens is 246 g/mol. The van der Waals surface area contributed by atoms with Gasteiger partial charge in [-0.2, -0.15) is 5.10 Å². The number of thiophene rings is 1. The maximum absolute atomic E-state index is 6.14. The molecule has 0 amide bonds. The lowest BCUT2D eigenvalue weighted by atomic mass is 10.2. The molecule has 0 fully saturated rings. The second-order valence-electron chi connectivity index (χ2n) is 3.37. The van der Waals surface area contributed by atoms with Gasteiger partial charge in [0.1, 0.15) is 5.75 Å². The second kappa shape index (κ2) is 4.45. The highest BCUT2D eigenvalue weighted by atomic mass is 35.5. The number of methoxy groups -OCH3 is 1. The van der Waals surface area contributed by atoms with E-state index in [-0.39, 0.29) is 6.04 Å². The van der Waals surface area contributed by atoms with E-state index in [1.54, 1.807) is 29.3 Å². The van der Waals surface area contributed by atoms with Gasteiger partial charge in [0, 0.05) is 17.3 Å². The van der Waals surface area contributed by atoms with Crippen LogP contribution in [0.4, 0.5) is 0 Å². The van der Waals surface area contributed by atoms with Gasteiger partial charge in [-0.25, -0.2) is 0 Å². The molecule has 0 aliphatic rings. The normalized spacial score (nSPS) is 12.8. The maximum Gasteiger partial charge on any atom is 0.129 e. The van der Waals surface area contributed by atoms with E-state index in [9.17, 15) is 0 Å². The zero-order valence-corrected chi connectivity index (χ0v) is 10.5. The summed E-state index contributed by atoms with van der Waals surface area (Å²) < 4.78 is 6.82. The van der Waals surface area contributed by atoms with Crippen molar-refractivity contribution in [2.45, 2.75) is 6.04 Å². The molecule has 0 spiro atoms. The lowest BCUT2D eigenvalue weighted by molar-refractivity contribution is 0.416. The van der Waals surface area contributed by atoms with Crippen LogP contribution in [0.15, 0.2) is 17.6 Å². The molecule has 1 atom stereocenters. The van der Waals surface area contributed by atoms with Crippen molar-refractivity contribution < 1.29 is 4.74 Å². The number of aryl methyl sites for hydroxylation is 1. The Balaban J connectivity index is 2.34. The van der Waals surface area contributed by atoms with Gasteiger partial charge in [-0.15, -0.1) is 11.3 Å². The Labute approximate surface area is 103 Å². The van der Waals surface area contributed by atoms with E-state index >= 15 is 0 Å². The smallest absolute Gasteiger partial charge is 0.129 e. The third-order valence-electron chi connectivity index (χ3n) is 2.37. The molecule has 0 aliphatic carbocycles. The minimum absolute atomic E-state index is 0.270. The van der Waals surface area contributed by atoms with Crippen LogP contribution in [0.5, 0.6) is 5.75 Å². The fourth-order valence-corrected chi connectivity index (χ4v) is 2.65. The van der Waals surface area contributed by atoms with E-state index in [4.69, 9.17) is 22.1 Å². The topological polar surface area (TPSA) is 53.1 Å². The summed E-state index contributed by atoms with van der Waals surface area (Å²) in [5.41, 5.74) is 6.95. The monoisotopic (exact) mass is 257 g/mol. The molecule has 2 rings (SSSR count). The van der Waals surface area contributed by atoms with Gasteiger partial charge in [-0.1, -0.05) is 11.6 Å². The Morgan fingerprint density at radius 2 is 2.38 bits per heavy atom. The first kappa shape index (κ1) is 11.4. The number of nitrogens with zero attached hydrogens (tertiary/aromatic N) is 2. The number of aromatic nitrogens is 2. The molecule has 4 nitrogen and oxygen atoms in total. The summed E-state index contributed by atoms with van der Waals surface area (Å²) in [7, 11) is 3.46. The average molecular weight is 258 g/mol. The Morgan fingerprint density at radius 1 is 1.62 bits per heavy atom. The van der Waals surface area contributed by atoms with Gasteiger partial charge < -0.3 is 10.5 Å². The summed E-state index contributed by atoms with van der Waals surface area (Å²) in [5, 5.41) is 6.57. The van der Waals surface area contributed by atoms with E-state index in [1.807, 2.05) is 18.5 Å². The Bertz CT molecular complexity index is 474. The van der Waals surface area contributed by atoms with Crippen LogP contribution >= 0.6 is 22.9 Å². The van der Waals surface area contributed by atoms with E-state index in [1.165, 1.54) is 0 Å². The molecule has 1 unspecified atom stereocenters. The fraction of sp³-hybridized carbons (Fsp3) is 0.300. The molecule has 6 heteroatoms. The van der Waals surface area contributed by atoms with Crippen molar-refractivity contribution in [1.82, 2.24) is 9.78 Å². The average Bonchev–Trinajstić information content (AvgIpc) is 2.85. The highest BCUT2D eigenvalue weighted by Gasteiger charge is 2.18. The third-order valence-corrected chi connectivity index (χ3v) is 3.66. The molecule has 0 aliphatic heterocycles. The number of rotatable bonds is 3. The lowest BCUT2D eigenvalue weighted by Crippen LogP contribution is -2.15. The number of nitrogens with two attached hydrogens (primary N) is 1. The van der Waals surface area contributed by atoms with Crippen LogP contribution in [0.1, 0.15) is 16.6 Å². The Kier molecular flexibility index (Phi) is 3.18. The molecule has 0 saturated carbocycles. The summed E-state index contributed by atoms with van der Waals surface area (Å²) in [4.78, 5) is 1.00.